The number of hydrogen-bond donors (Lipinski definition) is 0. The molecule has 3 rings (SSSR count). The van der Waals surface area contributed by atoms with E-state index >= 15 is 0 Å². The molecule has 0 spiro atoms. The van der Waals surface area contributed by atoms with Crippen LogP contribution in [0.2, 0.25) is 0 Å². The van der Waals surface area contributed by atoms with Crippen molar-refractivity contribution in [3.63, 3.8) is 0 Å². The molecule has 0 amide bonds. The van der Waals surface area contributed by atoms with E-state index in [0.29, 0.717) is 12.0 Å². The summed E-state index contributed by atoms with van der Waals surface area (Å²) >= 11 is 0. The van der Waals surface area contributed by atoms with Crippen LogP contribution in [0.25, 0.3) is 0 Å². The maximum Gasteiger partial charge on any atom is 0.204 e. The van der Waals surface area contributed by atoms with Crippen LogP contribution in [-0.4, -0.2) is 6.10 Å². The van der Waals surface area contributed by atoms with Gasteiger partial charge in [-0.3, -0.25) is 0 Å². The van der Waals surface area contributed by atoms with E-state index in [9.17, 15) is 8.78 Å². The van der Waals surface area contributed by atoms with E-state index in [1.54, 1.807) is 6.07 Å². The highest BCUT2D eigenvalue weighted by Gasteiger charge is 2.25. The average Bonchev–Trinajstić information content (AvgIpc) is 2.52. The molecule has 0 fully saturated rings. The fraction of sp³-hybridized carbons (Fsp3) is 0.333. The van der Waals surface area contributed by atoms with Gasteiger partial charge in [-0.15, -0.1) is 0 Å². The molecule has 2 aromatic rings. The van der Waals surface area contributed by atoms with Gasteiger partial charge in [0.15, 0.2) is 11.5 Å². The van der Waals surface area contributed by atoms with Gasteiger partial charge >= 0.3 is 0 Å². The number of fused-ring (bicyclic) bond motifs is 1. The molecule has 1 atom stereocenters. The van der Waals surface area contributed by atoms with Gasteiger partial charge in [0.2, 0.25) is 11.6 Å². The monoisotopic (exact) mass is 304 g/mol. The SMILES string of the molecule is Cc1ccc(COc2cc3c(c(F)c2F)OC(C)CC3)cc1. The number of rotatable bonds is 3. The van der Waals surface area contributed by atoms with Crippen molar-refractivity contribution in [2.24, 2.45) is 0 Å². The molecule has 0 saturated carbocycles. The molecule has 1 aliphatic rings. The smallest absolute Gasteiger partial charge is 0.204 e. The first-order chi connectivity index (χ1) is 10.5. The predicted molar refractivity (Wildman–Crippen MR) is 80.3 cm³/mol. The summed E-state index contributed by atoms with van der Waals surface area (Å²) in [5, 5.41) is 0. The van der Waals surface area contributed by atoms with E-state index < -0.39 is 11.6 Å². The lowest BCUT2D eigenvalue weighted by Crippen LogP contribution is -2.20. The molecular weight excluding hydrogens is 286 g/mol. The summed E-state index contributed by atoms with van der Waals surface area (Å²) < 4.78 is 39.1. The van der Waals surface area contributed by atoms with Crippen molar-refractivity contribution in [1.29, 1.82) is 0 Å². The van der Waals surface area contributed by atoms with Crippen LogP contribution in [0.5, 0.6) is 11.5 Å². The Labute approximate surface area is 128 Å². The van der Waals surface area contributed by atoms with Crippen LogP contribution in [0, 0.1) is 18.6 Å². The average molecular weight is 304 g/mol. The van der Waals surface area contributed by atoms with Gasteiger partial charge in [0, 0.05) is 5.56 Å². The maximum absolute atomic E-state index is 14.1. The van der Waals surface area contributed by atoms with E-state index in [1.165, 1.54) is 0 Å². The number of halogens is 2. The fourth-order valence-electron chi connectivity index (χ4n) is 2.52. The number of benzene rings is 2. The fourth-order valence-corrected chi connectivity index (χ4v) is 2.52. The molecule has 22 heavy (non-hydrogen) atoms. The van der Waals surface area contributed by atoms with Crippen LogP contribution in [-0.2, 0) is 13.0 Å². The second kappa shape index (κ2) is 5.95. The zero-order valence-corrected chi connectivity index (χ0v) is 12.7. The Balaban J connectivity index is 1.82. The largest absolute Gasteiger partial charge is 0.487 e. The van der Waals surface area contributed by atoms with Crippen molar-refractivity contribution in [1.82, 2.24) is 0 Å². The Hall–Kier alpha value is -2.10. The van der Waals surface area contributed by atoms with Crippen molar-refractivity contribution in [3.05, 3.63) is 58.7 Å². The van der Waals surface area contributed by atoms with Gasteiger partial charge < -0.3 is 9.47 Å². The minimum atomic E-state index is -0.986. The summed E-state index contributed by atoms with van der Waals surface area (Å²) in [6, 6.07) is 9.28. The zero-order chi connectivity index (χ0) is 15.7. The van der Waals surface area contributed by atoms with Crippen LogP contribution < -0.4 is 9.47 Å². The van der Waals surface area contributed by atoms with Crippen molar-refractivity contribution in [2.75, 3.05) is 0 Å². The normalized spacial score (nSPS) is 16.8. The van der Waals surface area contributed by atoms with Crippen LogP contribution in [0.15, 0.2) is 30.3 Å². The lowest BCUT2D eigenvalue weighted by Gasteiger charge is -2.24. The lowest BCUT2D eigenvalue weighted by atomic mass is 10.0. The lowest BCUT2D eigenvalue weighted by molar-refractivity contribution is 0.178. The van der Waals surface area contributed by atoms with Gasteiger partial charge in [-0.25, -0.2) is 0 Å². The molecule has 0 radical (unpaired) electrons. The van der Waals surface area contributed by atoms with Crippen molar-refractivity contribution in [3.8, 4) is 11.5 Å². The summed E-state index contributed by atoms with van der Waals surface area (Å²) in [6.07, 6.45) is 1.35. The molecule has 0 saturated heterocycles. The molecular formula is C18H18F2O2. The highest BCUT2D eigenvalue weighted by molar-refractivity contribution is 5.44. The van der Waals surface area contributed by atoms with Crippen LogP contribution in [0.1, 0.15) is 30.0 Å². The Kier molecular flexibility index (Phi) is 4.01. The third-order valence-electron chi connectivity index (χ3n) is 3.86. The standard InChI is InChI=1S/C18H18F2O2/c1-11-3-6-13(7-4-11)10-21-15-9-14-8-5-12(2)22-18(14)17(20)16(15)19/h3-4,6-7,9,12H,5,8,10H2,1-2H3. The van der Waals surface area contributed by atoms with Crippen molar-refractivity contribution < 1.29 is 18.3 Å². The quantitative estimate of drug-likeness (QED) is 0.827. The first kappa shape index (κ1) is 14.8. The van der Waals surface area contributed by atoms with Gasteiger partial charge in [0.25, 0.3) is 0 Å². The van der Waals surface area contributed by atoms with Gasteiger partial charge in [-0.1, -0.05) is 29.8 Å². The van der Waals surface area contributed by atoms with Gasteiger partial charge in [0.05, 0.1) is 6.10 Å². The molecule has 0 bridgehead atoms. The van der Waals surface area contributed by atoms with E-state index in [2.05, 4.69) is 0 Å². The van der Waals surface area contributed by atoms with Crippen molar-refractivity contribution in [2.45, 2.75) is 39.4 Å². The van der Waals surface area contributed by atoms with Crippen LogP contribution >= 0.6 is 0 Å². The highest BCUT2D eigenvalue weighted by atomic mass is 19.2. The number of hydrogen-bond acceptors (Lipinski definition) is 2. The summed E-state index contributed by atoms with van der Waals surface area (Å²) in [7, 11) is 0. The van der Waals surface area contributed by atoms with Gasteiger partial charge in [-0.2, -0.15) is 8.78 Å². The second-order valence-corrected chi connectivity index (χ2v) is 5.73. The molecule has 0 aromatic heterocycles. The molecule has 1 heterocycles. The molecule has 4 heteroatoms. The van der Waals surface area contributed by atoms with Gasteiger partial charge in [-0.05, 0) is 38.3 Å². The van der Waals surface area contributed by atoms with Crippen LogP contribution in [0.3, 0.4) is 0 Å². The number of aryl methyl sites for hydroxylation is 2. The minimum Gasteiger partial charge on any atom is -0.487 e. The number of ether oxygens (including phenoxy) is 2. The van der Waals surface area contributed by atoms with E-state index in [0.717, 1.165) is 17.5 Å². The summed E-state index contributed by atoms with van der Waals surface area (Å²) in [6.45, 7) is 4.04. The summed E-state index contributed by atoms with van der Waals surface area (Å²) in [5.74, 6) is -1.98. The molecule has 2 aromatic carbocycles. The first-order valence-corrected chi connectivity index (χ1v) is 7.40. The third-order valence-corrected chi connectivity index (χ3v) is 3.86. The minimum absolute atomic E-state index is 0.0268. The predicted octanol–water partition coefficient (Wildman–Crippen LogP) is 4.57. The first-order valence-electron chi connectivity index (χ1n) is 7.40. The maximum atomic E-state index is 14.1. The third kappa shape index (κ3) is 2.91. The Morgan fingerprint density at radius 2 is 1.91 bits per heavy atom. The topological polar surface area (TPSA) is 18.5 Å². The molecule has 0 N–H and O–H groups in total. The summed E-state index contributed by atoms with van der Waals surface area (Å²) in [5.41, 5.74) is 2.71. The summed E-state index contributed by atoms with van der Waals surface area (Å²) in [4.78, 5) is 0. The van der Waals surface area contributed by atoms with E-state index in [-0.39, 0.29) is 24.2 Å². The second-order valence-electron chi connectivity index (χ2n) is 5.73. The Bertz CT molecular complexity index is 680. The molecule has 1 aliphatic heterocycles. The molecule has 2 nitrogen and oxygen atoms in total. The molecule has 1 unspecified atom stereocenters. The van der Waals surface area contributed by atoms with E-state index in [4.69, 9.17) is 9.47 Å². The molecule has 116 valence electrons. The molecule has 0 aliphatic carbocycles. The zero-order valence-electron chi connectivity index (χ0n) is 12.7. The van der Waals surface area contributed by atoms with Gasteiger partial charge in [0.1, 0.15) is 6.61 Å². The highest BCUT2D eigenvalue weighted by Crippen LogP contribution is 2.36. The Morgan fingerprint density at radius 3 is 2.64 bits per heavy atom. The van der Waals surface area contributed by atoms with Crippen molar-refractivity contribution >= 4 is 0 Å². The Morgan fingerprint density at radius 1 is 1.18 bits per heavy atom. The van der Waals surface area contributed by atoms with E-state index in [1.807, 2.05) is 38.1 Å². The van der Waals surface area contributed by atoms with Crippen LogP contribution in [0.4, 0.5) is 8.78 Å².